The van der Waals surface area contributed by atoms with Gasteiger partial charge in [-0.15, -0.1) is 0 Å². The molecule has 0 saturated carbocycles. The second-order valence-electron chi connectivity index (χ2n) is 5.45. The zero-order chi connectivity index (χ0) is 14.3. The Hall–Kier alpha value is -0.915. The molecule has 0 saturated heterocycles. The average Bonchev–Trinajstić information content (AvgIpc) is 2.36. The molecular formula is C16H27BO. The molecule has 0 amide bonds. The van der Waals surface area contributed by atoms with Crippen LogP contribution in [-0.2, 0) is 4.79 Å². The van der Waals surface area contributed by atoms with Crippen molar-refractivity contribution in [2.75, 3.05) is 0 Å². The summed E-state index contributed by atoms with van der Waals surface area (Å²) in [7, 11) is 0. The van der Waals surface area contributed by atoms with Gasteiger partial charge in [0, 0.05) is 0 Å². The first-order valence-corrected chi connectivity index (χ1v) is 6.82. The van der Waals surface area contributed by atoms with Gasteiger partial charge in [-0.25, -0.2) is 0 Å². The van der Waals surface area contributed by atoms with Gasteiger partial charge in [0.1, 0.15) is 0 Å². The molecule has 100 valence electrons. The van der Waals surface area contributed by atoms with Gasteiger partial charge in [-0.2, -0.15) is 0 Å². The van der Waals surface area contributed by atoms with Crippen molar-refractivity contribution in [3.63, 3.8) is 0 Å². The standard InChI is InChI=1S/C16H27BO/c1-8-16(6,9-2)15(18)14(13(5)17-7)11-10-12(3)4/h10H,7-9,11H2,1-6H3/b14-13-. The molecule has 0 atom stereocenters. The first-order chi connectivity index (χ1) is 8.32. The van der Waals surface area contributed by atoms with Crippen LogP contribution >= 0.6 is 0 Å². The van der Waals surface area contributed by atoms with Gasteiger partial charge in [0.15, 0.2) is 0 Å². The number of carbonyl (C=O) groups excluding carboxylic acids is 1. The van der Waals surface area contributed by atoms with Crippen molar-refractivity contribution in [2.24, 2.45) is 5.41 Å². The molecule has 0 heterocycles. The Morgan fingerprint density at radius 3 is 2.06 bits per heavy atom. The molecule has 0 aromatic rings. The van der Waals surface area contributed by atoms with E-state index < -0.39 is 0 Å². The average molecular weight is 246 g/mol. The van der Waals surface area contributed by atoms with E-state index in [4.69, 9.17) is 0 Å². The fraction of sp³-hybridized carbons (Fsp3) is 0.625. The van der Waals surface area contributed by atoms with Gasteiger partial charge in [-0.05, 0) is 0 Å². The summed E-state index contributed by atoms with van der Waals surface area (Å²) in [6.07, 6.45) is 4.59. The Balaban J connectivity index is 5.43. The quantitative estimate of drug-likeness (QED) is 0.374. The fourth-order valence-electron chi connectivity index (χ4n) is 1.80. The molecule has 1 nitrogen and oxygen atoms in total. The Morgan fingerprint density at radius 2 is 1.72 bits per heavy atom. The van der Waals surface area contributed by atoms with Crippen LogP contribution in [0.2, 0.25) is 0 Å². The summed E-state index contributed by atoms with van der Waals surface area (Å²) in [6.45, 7) is 17.9. The van der Waals surface area contributed by atoms with E-state index >= 15 is 0 Å². The fourth-order valence-corrected chi connectivity index (χ4v) is 1.80. The number of carbonyl (C=O) groups is 1. The van der Waals surface area contributed by atoms with E-state index in [1.165, 1.54) is 5.57 Å². The van der Waals surface area contributed by atoms with Crippen LogP contribution in [0.3, 0.4) is 0 Å². The zero-order valence-electron chi connectivity index (χ0n) is 12.9. The molecule has 2 heteroatoms. The second-order valence-corrected chi connectivity index (χ2v) is 5.45. The molecular weight excluding hydrogens is 219 g/mol. The van der Waals surface area contributed by atoms with Gasteiger partial charge in [-0.1, -0.05) is 0 Å². The Morgan fingerprint density at radius 1 is 1.22 bits per heavy atom. The molecule has 0 aliphatic heterocycles. The van der Waals surface area contributed by atoms with Crippen molar-refractivity contribution in [1.29, 1.82) is 0 Å². The number of ketones is 1. The Kier molecular flexibility index (Phi) is 7.12. The van der Waals surface area contributed by atoms with E-state index in [-0.39, 0.29) is 11.2 Å². The topological polar surface area (TPSA) is 17.1 Å². The van der Waals surface area contributed by atoms with Gasteiger partial charge >= 0.3 is 113 Å². The van der Waals surface area contributed by atoms with Crippen molar-refractivity contribution in [3.05, 3.63) is 22.7 Å². The third kappa shape index (κ3) is 4.40. The van der Waals surface area contributed by atoms with Gasteiger partial charge in [0.05, 0.1) is 0 Å². The van der Waals surface area contributed by atoms with Crippen LogP contribution in [0.25, 0.3) is 0 Å². The number of rotatable bonds is 7. The summed E-state index contributed by atoms with van der Waals surface area (Å²) in [5, 5.41) is 0. The number of allylic oxidation sites excluding steroid dienone is 4. The molecule has 0 aromatic carbocycles. The summed E-state index contributed by atoms with van der Waals surface area (Å²) in [6, 6.07) is 0. The number of hydrogen-bond acceptors (Lipinski definition) is 1. The van der Waals surface area contributed by atoms with Crippen LogP contribution < -0.4 is 0 Å². The molecule has 0 radical (unpaired) electrons. The zero-order valence-corrected chi connectivity index (χ0v) is 12.9. The van der Waals surface area contributed by atoms with E-state index in [2.05, 4.69) is 47.2 Å². The first-order valence-electron chi connectivity index (χ1n) is 6.82. The van der Waals surface area contributed by atoms with Crippen LogP contribution in [0, 0.1) is 5.41 Å². The molecule has 0 aromatic heterocycles. The molecule has 0 bridgehead atoms. The minimum absolute atomic E-state index is 0.241. The van der Waals surface area contributed by atoms with Gasteiger partial charge in [-0.3, -0.25) is 0 Å². The maximum atomic E-state index is 12.7. The molecule has 0 spiro atoms. The molecule has 0 aliphatic rings. The van der Waals surface area contributed by atoms with Crippen molar-refractivity contribution in [3.8, 4) is 0 Å². The number of Topliss-reactive ketones (excluding diaryl/α,β-unsaturated/α-hetero) is 1. The summed E-state index contributed by atoms with van der Waals surface area (Å²) in [4.78, 5) is 12.7. The summed E-state index contributed by atoms with van der Waals surface area (Å²) >= 11 is 0. The van der Waals surface area contributed by atoms with E-state index in [1.54, 1.807) is 6.92 Å². The molecule has 0 rings (SSSR count). The third-order valence-electron chi connectivity index (χ3n) is 3.88. The van der Waals surface area contributed by atoms with Gasteiger partial charge < -0.3 is 0 Å². The molecule has 18 heavy (non-hydrogen) atoms. The Bertz CT molecular complexity index is 367. The van der Waals surface area contributed by atoms with Crippen molar-refractivity contribution in [1.82, 2.24) is 0 Å². The maximum absolute atomic E-state index is 12.7. The molecule has 0 aliphatic carbocycles. The number of hydrogen-bond donors (Lipinski definition) is 0. The molecule has 0 fully saturated rings. The van der Waals surface area contributed by atoms with Crippen LogP contribution in [0.1, 0.15) is 60.8 Å². The van der Waals surface area contributed by atoms with Gasteiger partial charge in [0.2, 0.25) is 0 Å². The Labute approximate surface area is 113 Å². The van der Waals surface area contributed by atoms with E-state index in [1.807, 2.05) is 6.92 Å². The second kappa shape index (κ2) is 7.50. The molecule has 0 unspecified atom stereocenters. The predicted molar refractivity (Wildman–Crippen MR) is 83.3 cm³/mol. The normalized spacial score (nSPS) is 12.6. The summed E-state index contributed by atoms with van der Waals surface area (Å²) in [5.41, 5.74) is 2.92. The monoisotopic (exact) mass is 246 g/mol. The van der Waals surface area contributed by atoms with Crippen molar-refractivity contribution >= 4 is 19.2 Å². The van der Waals surface area contributed by atoms with Crippen LogP contribution in [0.5, 0.6) is 0 Å². The third-order valence-corrected chi connectivity index (χ3v) is 3.88. The van der Waals surface area contributed by atoms with E-state index in [9.17, 15) is 4.79 Å². The molecule has 0 N–H and O–H groups in total. The van der Waals surface area contributed by atoms with Crippen LogP contribution in [-0.4, -0.2) is 19.2 Å². The van der Waals surface area contributed by atoms with E-state index in [0.717, 1.165) is 23.9 Å². The minimum atomic E-state index is -0.241. The summed E-state index contributed by atoms with van der Waals surface area (Å²) in [5.74, 6) is 0.280. The first kappa shape index (κ1) is 17.1. The van der Waals surface area contributed by atoms with Crippen LogP contribution in [0.4, 0.5) is 0 Å². The van der Waals surface area contributed by atoms with Crippen molar-refractivity contribution < 1.29 is 4.79 Å². The van der Waals surface area contributed by atoms with Crippen LogP contribution in [0.15, 0.2) is 22.7 Å². The predicted octanol–water partition coefficient (Wildman–Crippen LogP) is 4.15. The van der Waals surface area contributed by atoms with Crippen molar-refractivity contribution in [2.45, 2.75) is 60.8 Å². The summed E-state index contributed by atoms with van der Waals surface area (Å²) < 4.78 is 0. The van der Waals surface area contributed by atoms with Gasteiger partial charge in [0.25, 0.3) is 0 Å². The van der Waals surface area contributed by atoms with E-state index in [0.29, 0.717) is 6.42 Å². The SMILES string of the molecule is C=B/C(C)=C(/CC=C(C)C)C(=O)C(C)(CC)CC.